The predicted octanol–water partition coefficient (Wildman–Crippen LogP) is 4.17. The van der Waals surface area contributed by atoms with Gasteiger partial charge in [-0.3, -0.25) is 4.79 Å². The average Bonchev–Trinajstić information content (AvgIpc) is 2.91. The Bertz CT molecular complexity index is 674. The number of carbonyl (C=O) groups is 1. The van der Waals surface area contributed by atoms with Crippen molar-refractivity contribution in [3.63, 3.8) is 0 Å². The number of amides is 1. The van der Waals surface area contributed by atoms with E-state index in [1.807, 2.05) is 0 Å². The third-order valence-corrected chi connectivity index (χ3v) is 5.96. The molecule has 0 aromatic heterocycles. The van der Waals surface area contributed by atoms with Gasteiger partial charge in [0.25, 0.3) is 0 Å². The zero-order valence-electron chi connectivity index (χ0n) is 15.6. The highest BCUT2D eigenvalue weighted by Crippen LogP contribution is 2.49. The van der Waals surface area contributed by atoms with Gasteiger partial charge in [-0.05, 0) is 61.8 Å². The van der Waals surface area contributed by atoms with E-state index >= 15 is 0 Å². The first-order chi connectivity index (χ1) is 12.6. The fraction of sp³-hybridized carbons (Fsp3) is 0.650. The van der Waals surface area contributed by atoms with Gasteiger partial charge >= 0.3 is 6.18 Å². The van der Waals surface area contributed by atoms with E-state index in [0.717, 1.165) is 6.42 Å². The number of aliphatic hydroxyl groups is 1. The summed E-state index contributed by atoms with van der Waals surface area (Å²) in [6.07, 6.45) is -2.00. The SMILES string of the molecule is CC(C)[C@H]1C[C@@]2(CC[C@@H]1O)CCN(c1ccc(OCC(F)(F)F)cc1)C2=O. The summed E-state index contributed by atoms with van der Waals surface area (Å²) in [5.74, 6) is 0.604. The molecular formula is C20H26F3NO3. The van der Waals surface area contributed by atoms with E-state index in [9.17, 15) is 23.1 Å². The lowest BCUT2D eigenvalue weighted by Gasteiger charge is -2.41. The van der Waals surface area contributed by atoms with Crippen molar-refractivity contribution in [2.75, 3.05) is 18.1 Å². The quantitative estimate of drug-likeness (QED) is 0.846. The molecular weight excluding hydrogens is 359 g/mol. The maximum atomic E-state index is 13.2. The van der Waals surface area contributed by atoms with E-state index in [2.05, 4.69) is 13.8 Å². The number of rotatable bonds is 4. The smallest absolute Gasteiger partial charge is 0.422 e. The van der Waals surface area contributed by atoms with Gasteiger partial charge in [0.2, 0.25) is 5.91 Å². The van der Waals surface area contributed by atoms with Crippen LogP contribution < -0.4 is 9.64 Å². The normalized spacial score (nSPS) is 29.0. The Morgan fingerprint density at radius 1 is 1.26 bits per heavy atom. The Morgan fingerprint density at radius 3 is 2.52 bits per heavy atom. The average molecular weight is 385 g/mol. The number of carbonyl (C=O) groups excluding carboxylic acids is 1. The molecule has 1 amide bonds. The first kappa shape index (κ1) is 20.0. The number of halogens is 3. The monoisotopic (exact) mass is 385 g/mol. The number of hydrogen-bond donors (Lipinski definition) is 1. The molecule has 1 saturated heterocycles. The molecule has 1 aliphatic heterocycles. The minimum atomic E-state index is -4.38. The summed E-state index contributed by atoms with van der Waals surface area (Å²) in [5.41, 5.74) is 0.239. The minimum Gasteiger partial charge on any atom is -0.484 e. The van der Waals surface area contributed by atoms with Crippen LogP contribution in [0.1, 0.15) is 39.5 Å². The molecule has 150 valence electrons. The van der Waals surface area contributed by atoms with Gasteiger partial charge < -0.3 is 14.7 Å². The summed E-state index contributed by atoms with van der Waals surface area (Å²) in [6, 6.07) is 6.17. The summed E-state index contributed by atoms with van der Waals surface area (Å²) in [4.78, 5) is 14.9. The number of nitrogens with zero attached hydrogens (tertiary/aromatic N) is 1. The zero-order valence-corrected chi connectivity index (χ0v) is 15.6. The predicted molar refractivity (Wildman–Crippen MR) is 95.6 cm³/mol. The van der Waals surface area contributed by atoms with E-state index in [4.69, 9.17) is 4.74 Å². The van der Waals surface area contributed by atoms with Gasteiger partial charge in [0.1, 0.15) is 5.75 Å². The lowest BCUT2D eigenvalue weighted by molar-refractivity contribution is -0.153. The molecule has 1 aliphatic carbocycles. The summed E-state index contributed by atoms with van der Waals surface area (Å²) >= 11 is 0. The van der Waals surface area contributed by atoms with Gasteiger partial charge in [0, 0.05) is 12.2 Å². The molecule has 7 heteroatoms. The van der Waals surface area contributed by atoms with E-state index in [1.54, 1.807) is 17.0 Å². The highest BCUT2D eigenvalue weighted by atomic mass is 19.4. The van der Waals surface area contributed by atoms with Crippen molar-refractivity contribution in [3.8, 4) is 5.75 Å². The standard InChI is InChI=1S/C20H26F3NO3/c1-13(2)16-11-19(8-7-17(16)25)9-10-24(18(19)26)14-3-5-15(6-4-14)27-12-20(21,22)23/h3-6,13,16-17,25H,7-12H2,1-2H3/t16-,17+,19-/m1/s1. The van der Waals surface area contributed by atoms with Crippen LogP contribution >= 0.6 is 0 Å². The first-order valence-electron chi connectivity index (χ1n) is 9.41. The molecule has 1 aromatic rings. The van der Waals surface area contributed by atoms with Gasteiger partial charge in [-0.25, -0.2) is 0 Å². The number of alkyl halides is 3. The maximum Gasteiger partial charge on any atom is 0.422 e. The topological polar surface area (TPSA) is 49.8 Å². The molecule has 2 aliphatic rings. The lowest BCUT2D eigenvalue weighted by Crippen LogP contribution is -2.44. The van der Waals surface area contributed by atoms with Crippen LogP contribution in [0.15, 0.2) is 24.3 Å². The molecule has 1 heterocycles. The molecule has 3 atom stereocenters. The van der Waals surface area contributed by atoms with Crippen molar-refractivity contribution in [2.24, 2.45) is 17.3 Å². The molecule has 4 nitrogen and oxygen atoms in total. The molecule has 1 spiro atoms. The van der Waals surface area contributed by atoms with E-state index in [1.165, 1.54) is 12.1 Å². The summed E-state index contributed by atoms with van der Waals surface area (Å²) in [7, 11) is 0. The van der Waals surface area contributed by atoms with Crippen molar-refractivity contribution in [3.05, 3.63) is 24.3 Å². The molecule has 0 radical (unpaired) electrons. The first-order valence-corrected chi connectivity index (χ1v) is 9.41. The number of hydrogen-bond acceptors (Lipinski definition) is 3. The van der Waals surface area contributed by atoms with E-state index in [-0.39, 0.29) is 23.7 Å². The van der Waals surface area contributed by atoms with Crippen LogP contribution in [0.3, 0.4) is 0 Å². The van der Waals surface area contributed by atoms with E-state index in [0.29, 0.717) is 37.4 Å². The molecule has 2 fully saturated rings. The zero-order chi connectivity index (χ0) is 19.8. The van der Waals surface area contributed by atoms with Gasteiger partial charge in [-0.1, -0.05) is 13.8 Å². The summed E-state index contributed by atoms with van der Waals surface area (Å²) in [5, 5.41) is 10.3. The molecule has 3 rings (SSSR count). The van der Waals surface area contributed by atoms with Gasteiger partial charge in [0.05, 0.1) is 11.5 Å². The second-order valence-electron chi connectivity index (χ2n) is 8.10. The van der Waals surface area contributed by atoms with Crippen LogP contribution in [0.5, 0.6) is 5.75 Å². The number of benzene rings is 1. The molecule has 1 saturated carbocycles. The minimum absolute atomic E-state index is 0.0593. The number of anilines is 1. The van der Waals surface area contributed by atoms with Crippen molar-refractivity contribution >= 4 is 11.6 Å². The summed E-state index contributed by atoms with van der Waals surface area (Å²) < 4.78 is 41.4. The molecule has 1 N–H and O–H groups in total. The Kier molecular flexibility index (Phi) is 5.43. The van der Waals surface area contributed by atoms with Gasteiger partial charge in [-0.15, -0.1) is 0 Å². The third-order valence-electron chi connectivity index (χ3n) is 5.96. The van der Waals surface area contributed by atoms with Gasteiger partial charge in [-0.2, -0.15) is 13.2 Å². The largest absolute Gasteiger partial charge is 0.484 e. The number of ether oxygens (including phenoxy) is 1. The van der Waals surface area contributed by atoms with Crippen LogP contribution in [0.4, 0.5) is 18.9 Å². The second kappa shape index (κ2) is 7.34. The third kappa shape index (κ3) is 4.23. The highest BCUT2D eigenvalue weighted by molar-refractivity contribution is 6.00. The molecule has 0 bridgehead atoms. The number of aliphatic hydroxyl groups excluding tert-OH is 1. The van der Waals surface area contributed by atoms with Gasteiger partial charge in [0.15, 0.2) is 6.61 Å². The molecule has 0 unspecified atom stereocenters. The van der Waals surface area contributed by atoms with Crippen molar-refractivity contribution in [1.82, 2.24) is 0 Å². The van der Waals surface area contributed by atoms with Crippen molar-refractivity contribution < 1.29 is 27.8 Å². The van der Waals surface area contributed by atoms with Crippen LogP contribution in [0.25, 0.3) is 0 Å². The Hall–Kier alpha value is -1.76. The summed E-state index contributed by atoms with van der Waals surface area (Å²) in [6.45, 7) is 3.40. The van der Waals surface area contributed by atoms with Crippen molar-refractivity contribution in [1.29, 1.82) is 0 Å². The lowest BCUT2D eigenvalue weighted by atomic mass is 9.65. The Morgan fingerprint density at radius 2 is 1.93 bits per heavy atom. The molecule has 1 aromatic carbocycles. The van der Waals surface area contributed by atoms with Crippen LogP contribution in [0.2, 0.25) is 0 Å². The Labute approximate surface area is 157 Å². The van der Waals surface area contributed by atoms with Crippen molar-refractivity contribution in [2.45, 2.75) is 51.8 Å². The van der Waals surface area contributed by atoms with Crippen LogP contribution in [0, 0.1) is 17.3 Å². The highest BCUT2D eigenvalue weighted by Gasteiger charge is 2.51. The second-order valence-corrected chi connectivity index (χ2v) is 8.10. The Balaban J connectivity index is 1.70. The van der Waals surface area contributed by atoms with Crippen LogP contribution in [-0.2, 0) is 4.79 Å². The van der Waals surface area contributed by atoms with E-state index < -0.39 is 18.2 Å². The fourth-order valence-corrected chi connectivity index (χ4v) is 4.38. The van der Waals surface area contributed by atoms with Crippen LogP contribution in [-0.4, -0.2) is 36.4 Å². The molecule has 27 heavy (non-hydrogen) atoms. The fourth-order valence-electron chi connectivity index (χ4n) is 4.38. The maximum absolute atomic E-state index is 13.2.